The number of nitrogens with two attached hydrogens (primary N) is 1. The molecule has 1 aliphatic rings. The summed E-state index contributed by atoms with van der Waals surface area (Å²) in [5, 5.41) is 0. The second-order valence-electron chi connectivity index (χ2n) is 6.28. The minimum absolute atomic E-state index is 0.0266. The number of carbonyl (C=O) groups excluding carboxylic acids is 1. The zero-order chi connectivity index (χ0) is 16.9. The number of primary amides is 1. The number of carbonyl (C=O) groups is 1. The molecule has 2 aromatic rings. The predicted octanol–water partition coefficient (Wildman–Crippen LogP) is 2.60. The average molecular weight is 345 g/mol. The van der Waals surface area contributed by atoms with E-state index in [4.69, 9.17) is 10.5 Å². The molecule has 1 amide bonds. The molecule has 128 valence electrons. The summed E-state index contributed by atoms with van der Waals surface area (Å²) in [4.78, 5) is 19.5. The van der Waals surface area contributed by atoms with Gasteiger partial charge in [0.1, 0.15) is 11.9 Å². The van der Waals surface area contributed by atoms with E-state index in [-0.39, 0.29) is 17.9 Å². The van der Waals surface area contributed by atoms with Crippen LogP contribution in [0, 0.1) is 12.8 Å². The van der Waals surface area contributed by atoms with Crippen LogP contribution < -0.4 is 10.5 Å². The maximum atomic E-state index is 11.5. The third-order valence-electron chi connectivity index (χ3n) is 4.45. The number of nitrogens with zero attached hydrogens (tertiary/aromatic N) is 2. The highest BCUT2D eigenvalue weighted by atomic mass is 32.1. The molecule has 1 aliphatic heterocycles. The molecule has 2 heterocycles. The SMILES string of the molecule is Cc1ncsc1CN1CC[C@@H](Oc2ccccc2)[C@H](CC(N)=O)C1. The van der Waals surface area contributed by atoms with Crippen LogP contribution in [0.5, 0.6) is 5.75 Å². The number of rotatable bonds is 6. The summed E-state index contributed by atoms with van der Waals surface area (Å²) >= 11 is 1.69. The Bertz CT molecular complexity index is 674. The van der Waals surface area contributed by atoms with Crippen molar-refractivity contribution in [3.05, 3.63) is 46.4 Å². The van der Waals surface area contributed by atoms with Crippen LogP contribution in [0.25, 0.3) is 0 Å². The highest BCUT2D eigenvalue weighted by Gasteiger charge is 2.32. The van der Waals surface area contributed by atoms with E-state index in [1.807, 2.05) is 42.8 Å². The van der Waals surface area contributed by atoms with Gasteiger partial charge >= 0.3 is 0 Å². The molecule has 24 heavy (non-hydrogen) atoms. The summed E-state index contributed by atoms with van der Waals surface area (Å²) < 4.78 is 6.13. The van der Waals surface area contributed by atoms with Crippen LogP contribution in [-0.4, -0.2) is 35.0 Å². The van der Waals surface area contributed by atoms with Crippen molar-refractivity contribution in [1.82, 2.24) is 9.88 Å². The summed E-state index contributed by atoms with van der Waals surface area (Å²) in [5.74, 6) is 0.700. The summed E-state index contributed by atoms with van der Waals surface area (Å²) in [5.41, 5.74) is 8.44. The summed E-state index contributed by atoms with van der Waals surface area (Å²) in [6.07, 6.45) is 1.28. The molecule has 0 aliphatic carbocycles. The molecule has 1 aromatic heterocycles. The van der Waals surface area contributed by atoms with Crippen LogP contribution in [0.2, 0.25) is 0 Å². The van der Waals surface area contributed by atoms with Crippen molar-refractivity contribution >= 4 is 17.2 Å². The monoisotopic (exact) mass is 345 g/mol. The number of para-hydroxylation sites is 1. The largest absolute Gasteiger partial charge is 0.490 e. The van der Waals surface area contributed by atoms with E-state index in [0.29, 0.717) is 6.42 Å². The van der Waals surface area contributed by atoms with Gasteiger partial charge in [-0.15, -0.1) is 11.3 Å². The Hall–Kier alpha value is -1.92. The Kier molecular flexibility index (Phi) is 5.48. The first kappa shape index (κ1) is 16.9. The van der Waals surface area contributed by atoms with Gasteiger partial charge in [0.15, 0.2) is 0 Å². The first-order valence-electron chi connectivity index (χ1n) is 8.23. The van der Waals surface area contributed by atoms with Crippen LogP contribution in [0.4, 0.5) is 0 Å². The lowest BCUT2D eigenvalue weighted by molar-refractivity contribution is -0.120. The quantitative estimate of drug-likeness (QED) is 0.874. The number of amides is 1. The van der Waals surface area contributed by atoms with Crippen molar-refractivity contribution in [2.24, 2.45) is 11.7 Å². The van der Waals surface area contributed by atoms with E-state index in [1.54, 1.807) is 11.3 Å². The lowest BCUT2D eigenvalue weighted by Gasteiger charge is -2.38. The standard InChI is InChI=1S/C18H23N3O2S/c1-13-17(24-12-20-13)11-21-8-7-16(14(10-21)9-18(19)22)23-15-5-3-2-4-6-15/h2-6,12,14,16H,7-11H2,1H3,(H2,19,22)/t14-,16-/m1/s1. The molecule has 1 fully saturated rings. The summed E-state index contributed by atoms with van der Waals surface area (Å²) in [6, 6.07) is 9.79. The Balaban J connectivity index is 1.66. The number of aromatic nitrogens is 1. The van der Waals surface area contributed by atoms with Crippen molar-refractivity contribution < 1.29 is 9.53 Å². The summed E-state index contributed by atoms with van der Waals surface area (Å²) in [7, 11) is 0. The van der Waals surface area contributed by atoms with Gasteiger partial charge in [-0.1, -0.05) is 18.2 Å². The van der Waals surface area contributed by atoms with Gasteiger partial charge in [0, 0.05) is 36.9 Å². The van der Waals surface area contributed by atoms with Crippen LogP contribution in [0.1, 0.15) is 23.4 Å². The predicted molar refractivity (Wildman–Crippen MR) is 94.9 cm³/mol. The number of hydrogen-bond donors (Lipinski definition) is 1. The van der Waals surface area contributed by atoms with Crippen molar-refractivity contribution in [3.63, 3.8) is 0 Å². The molecule has 0 radical (unpaired) electrons. The number of aryl methyl sites for hydroxylation is 1. The molecule has 3 rings (SSSR count). The van der Waals surface area contributed by atoms with Crippen molar-refractivity contribution in [2.75, 3.05) is 13.1 Å². The zero-order valence-electron chi connectivity index (χ0n) is 13.9. The van der Waals surface area contributed by atoms with Crippen molar-refractivity contribution in [3.8, 4) is 5.75 Å². The molecule has 2 atom stereocenters. The minimum Gasteiger partial charge on any atom is -0.490 e. The smallest absolute Gasteiger partial charge is 0.217 e. The van der Waals surface area contributed by atoms with E-state index in [1.165, 1.54) is 4.88 Å². The van der Waals surface area contributed by atoms with Gasteiger partial charge in [0.25, 0.3) is 0 Å². The number of piperidine rings is 1. The van der Waals surface area contributed by atoms with E-state index >= 15 is 0 Å². The Labute approximate surface area is 146 Å². The van der Waals surface area contributed by atoms with Gasteiger partial charge in [-0.2, -0.15) is 0 Å². The molecule has 0 saturated carbocycles. The minimum atomic E-state index is -0.266. The molecule has 0 bridgehead atoms. The van der Waals surface area contributed by atoms with Gasteiger partial charge in [0.2, 0.25) is 5.91 Å². The molecule has 6 heteroatoms. The molecule has 2 N–H and O–H groups in total. The molecule has 0 unspecified atom stereocenters. The fourth-order valence-electron chi connectivity index (χ4n) is 3.19. The molecule has 1 aromatic carbocycles. The van der Waals surface area contributed by atoms with Crippen molar-refractivity contribution in [2.45, 2.75) is 32.4 Å². The van der Waals surface area contributed by atoms with Crippen LogP contribution in [-0.2, 0) is 11.3 Å². The van der Waals surface area contributed by atoms with Crippen LogP contribution in [0.15, 0.2) is 35.8 Å². The third-order valence-corrected chi connectivity index (χ3v) is 5.37. The number of benzene rings is 1. The highest BCUT2D eigenvalue weighted by molar-refractivity contribution is 7.09. The van der Waals surface area contributed by atoms with E-state index in [9.17, 15) is 4.79 Å². The Morgan fingerprint density at radius 1 is 1.42 bits per heavy atom. The van der Waals surface area contributed by atoms with Gasteiger partial charge in [-0.25, -0.2) is 4.98 Å². The third kappa shape index (κ3) is 4.33. The zero-order valence-corrected chi connectivity index (χ0v) is 14.7. The van der Waals surface area contributed by atoms with Crippen LogP contribution in [0.3, 0.4) is 0 Å². The number of hydrogen-bond acceptors (Lipinski definition) is 5. The number of thiazole rings is 1. The van der Waals surface area contributed by atoms with Crippen LogP contribution >= 0.6 is 11.3 Å². The first-order valence-corrected chi connectivity index (χ1v) is 9.11. The fourth-order valence-corrected chi connectivity index (χ4v) is 4.01. The van der Waals surface area contributed by atoms with Crippen molar-refractivity contribution in [1.29, 1.82) is 0 Å². The van der Waals surface area contributed by atoms with E-state index in [2.05, 4.69) is 9.88 Å². The normalized spacial score (nSPS) is 21.5. The Morgan fingerprint density at radius 2 is 2.21 bits per heavy atom. The van der Waals surface area contributed by atoms with Gasteiger partial charge < -0.3 is 10.5 Å². The highest BCUT2D eigenvalue weighted by Crippen LogP contribution is 2.27. The second kappa shape index (κ2) is 7.77. The molecule has 0 spiro atoms. The number of likely N-dealkylation sites (tertiary alicyclic amines) is 1. The van der Waals surface area contributed by atoms with E-state index < -0.39 is 0 Å². The molecule has 1 saturated heterocycles. The Morgan fingerprint density at radius 3 is 2.88 bits per heavy atom. The lowest BCUT2D eigenvalue weighted by Crippen LogP contribution is -2.46. The van der Waals surface area contributed by atoms with E-state index in [0.717, 1.165) is 37.5 Å². The maximum absolute atomic E-state index is 11.5. The molecular formula is C18H23N3O2S. The topological polar surface area (TPSA) is 68.5 Å². The van der Waals surface area contributed by atoms with Gasteiger partial charge in [0.05, 0.1) is 11.2 Å². The molecular weight excluding hydrogens is 322 g/mol. The first-order chi connectivity index (χ1) is 11.6. The second-order valence-corrected chi connectivity index (χ2v) is 7.22. The van der Waals surface area contributed by atoms with Gasteiger partial charge in [-0.05, 0) is 25.5 Å². The number of ether oxygens (including phenoxy) is 1. The van der Waals surface area contributed by atoms with Gasteiger partial charge in [-0.3, -0.25) is 9.69 Å². The lowest BCUT2D eigenvalue weighted by atomic mass is 9.91. The molecule has 5 nitrogen and oxygen atoms in total. The average Bonchev–Trinajstić information content (AvgIpc) is 2.95. The maximum Gasteiger partial charge on any atom is 0.217 e. The summed E-state index contributed by atoms with van der Waals surface area (Å²) in [6.45, 7) is 4.68. The fraction of sp³-hybridized carbons (Fsp3) is 0.444.